The van der Waals surface area contributed by atoms with Gasteiger partial charge in [-0.3, -0.25) is 20.4 Å². The lowest BCUT2D eigenvalue weighted by molar-refractivity contribution is -0.267. The van der Waals surface area contributed by atoms with E-state index >= 15 is 0 Å². The molecule has 180 valence electrons. The van der Waals surface area contributed by atoms with Crippen LogP contribution >= 0.6 is 0 Å². The Bertz CT molecular complexity index is 1210. The van der Waals surface area contributed by atoms with Crippen LogP contribution in [0, 0.1) is 11.3 Å². The SMILES string of the molecule is N#Cc1ccc(-c2ccc(OCC(=O)NNC(=O)CC(O)(c3ccccc3)C(F)(F)F)cc2)cc1. The molecule has 0 radical (unpaired) electrons. The maximum atomic E-state index is 13.5. The van der Waals surface area contributed by atoms with Crippen LogP contribution in [0.4, 0.5) is 13.2 Å². The Morgan fingerprint density at radius 1 is 0.857 bits per heavy atom. The number of amides is 2. The lowest BCUT2D eigenvalue weighted by Gasteiger charge is -2.30. The molecule has 10 heteroatoms. The highest BCUT2D eigenvalue weighted by atomic mass is 19.4. The highest BCUT2D eigenvalue weighted by Crippen LogP contribution is 2.41. The van der Waals surface area contributed by atoms with Gasteiger partial charge in [-0.15, -0.1) is 0 Å². The molecule has 0 bridgehead atoms. The predicted molar refractivity (Wildman–Crippen MR) is 119 cm³/mol. The molecule has 3 aromatic carbocycles. The van der Waals surface area contributed by atoms with Crippen LogP contribution in [0.2, 0.25) is 0 Å². The summed E-state index contributed by atoms with van der Waals surface area (Å²) in [6.07, 6.45) is -6.47. The molecule has 0 aliphatic heterocycles. The van der Waals surface area contributed by atoms with Gasteiger partial charge in [-0.2, -0.15) is 18.4 Å². The van der Waals surface area contributed by atoms with Gasteiger partial charge in [0.15, 0.2) is 12.2 Å². The first kappa shape index (κ1) is 25.3. The smallest absolute Gasteiger partial charge is 0.421 e. The first-order valence-corrected chi connectivity index (χ1v) is 10.3. The number of nitriles is 1. The number of benzene rings is 3. The number of carbonyl (C=O) groups is 2. The topological polar surface area (TPSA) is 111 Å². The minimum atomic E-state index is -5.12. The van der Waals surface area contributed by atoms with Crippen molar-refractivity contribution in [2.75, 3.05) is 6.61 Å². The third-order valence-electron chi connectivity index (χ3n) is 5.05. The molecular formula is C25H20F3N3O4. The summed E-state index contributed by atoms with van der Waals surface area (Å²) in [6.45, 7) is -0.515. The van der Waals surface area contributed by atoms with Gasteiger partial charge < -0.3 is 9.84 Å². The average Bonchev–Trinajstić information content (AvgIpc) is 2.86. The van der Waals surface area contributed by atoms with Gasteiger partial charge in [-0.05, 0) is 41.0 Å². The molecule has 0 saturated heterocycles. The van der Waals surface area contributed by atoms with E-state index < -0.39 is 42.2 Å². The number of nitrogens with zero attached hydrogens (tertiary/aromatic N) is 1. The van der Waals surface area contributed by atoms with E-state index in [1.807, 2.05) is 16.9 Å². The van der Waals surface area contributed by atoms with Crippen molar-refractivity contribution in [3.8, 4) is 22.9 Å². The number of rotatable bonds is 7. The summed E-state index contributed by atoms with van der Waals surface area (Å²) < 4.78 is 45.8. The van der Waals surface area contributed by atoms with Gasteiger partial charge in [0.1, 0.15) is 5.75 Å². The summed E-state index contributed by atoms with van der Waals surface area (Å²) in [5.74, 6) is -1.71. The number of halogens is 3. The number of hydrazine groups is 1. The van der Waals surface area contributed by atoms with Crippen LogP contribution in [0.25, 0.3) is 11.1 Å². The zero-order valence-electron chi connectivity index (χ0n) is 18.2. The lowest BCUT2D eigenvalue weighted by Crippen LogP contribution is -2.50. The number of hydrogen-bond acceptors (Lipinski definition) is 5. The number of alkyl halides is 3. The van der Waals surface area contributed by atoms with Gasteiger partial charge in [0, 0.05) is 0 Å². The van der Waals surface area contributed by atoms with Gasteiger partial charge >= 0.3 is 6.18 Å². The molecule has 0 saturated carbocycles. The third-order valence-corrected chi connectivity index (χ3v) is 5.05. The highest BCUT2D eigenvalue weighted by molar-refractivity contribution is 5.83. The predicted octanol–water partition coefficient (Wildman–Crippen LogP) is 3.59. The summed E-state index contributed by atoms with van der Waals surface area (Å²) in [7, 11) is 0. The van der Waals surface area contributed by atoms with Crippen LogP contribution in [0.1, 0.15) is 17.5 Å². The van der Waals surface area contributed by atoms with Crippen molar-refractivity contribution in [2.45, 2.75) is 18.2 Å². The van der Waals surface area contributed by atoms with Crippen LogP contribution in [-0.4, -0.2) is 29.7 Å². The fourth-order valence-corrected chi connectivity index (χ4v) is 3.16. The first-order valence-electron chi connectivity index (χ1n) is 10.3. The number of aliphatic hydroxyl groups is 1. The molecular weight excluding hydrogens is 463 g/mol. The Hall–Kier alpha value is -4.36. The Labute approximate surface area is 198 Å². The second-order valence-corrected chi connectivity index (χ2v) is 7.50. The monoisotopic (exact) mass is 483 g/mol. The Balaban J connectivity index is 1.51. The number of hydrogen-bond donors (Lipinski definition) is 3. The van der Waals surface area contributed by atoms with Crippen LogP contribution < -0.4 is 15.6 Å². The van der Waals surface area contributed by atoms with Crippen molar-refractivity contribution in [3.05, 3.63) is 90.0 Å². The summed E-state index contributed by atoms with van der Waals surface area (Å²) in [5, 5.41) is 19.1. The Kier molecular flexibility index (Phi) is 7.73. The molecule has 0 aromatic heterocycles. The number of nitrogens with one attached hydrogen (secondary N) is 2. The van der Waals surface area contributed by atoms with Crippen molar-refractivity contribution >= 4 is 11.8 Å². The van der Waals surface area contributed by atoms with Gasteiger partial charge in [0.25, 0.3) is 5.91 Å². The van der Waals surface area contributed by atoms with E-state index in [4.69, 9.17) is 10.00 Å². The maximum Gasteiger partial charge on any atom is 0.421 e. The van der Waals surface area contributed by atoms with Crippen LogP contribution in [0.3, 0.4) is 0 Å². The molecule has 35 heavy (non-hydrogen) atoms. The normalized spacial score (nSPS) is 12.7. The van der Waals surface area contributed by atoms with Gasteiger partial charge in [0.2, 0.25) is 5.91 Å². The van der Waals surface area contributed by atoms with E-state index in [1.165, 1.54) is 18.2 Å². The third kappa shape index (κ3) is 6.37. The number of carbonyl (C=O) groups excluding carboxylic acids is 2. The molecule has 3 rings (SSSR count). The molecule has 3 aromatic rings. The summed E-state index contributed by atoms with van der Waals surface area (Å²) in [6, 6.07) is 21.9. The molecule has 3 N–H and O–H groups in total. The summed E-state index contributed by atoms with van der Waals surface area (Å²) in [4.78, 5) is 24.0. The minimum Gasteiger partial charge on any atom is -0.484 e. The molecule has 2 amide bonds. The zero-order valence-corrected chi connectivity index (χ0v) is 18.2. The lowest BCUT2D eigenvalue weighted by atomic mass is 9.89. The zero-order chi connectivity index (χ0) is 25.5. The molecule has 1 unspecified atom stereocenters. The Morgan fingerprint density at radius 3 is 1.94 bits per heavy atom. The molecule has 0 heterocycles. The largest absolute Gasteiger partial charge is 0.484 e. The van der Waals surface area contributed by atoms with E-state index in [0.29, 0.717) is 11.3 Å². The van der Waals surface area contributed by atoms with E-state index in [0.717, 1.165) is 23.3 Å². The quantitative estimate of drug-likeness (QED) is 0.445. The summed E-state index contributed by atoms with van der Waals surface area (Å²) >= 11 is 0. The fourth-order valence-electron chi connectivity index (χ4n) is 3.16. The van der Waals surface area contributed by atoms with Crippen molar-refractivity contribution in [2.24, 2.45) is 0 Å². The van der Waals surface area contributed by atoms with Crippen molar-refractivity contribution in [1.82, 2.24) is 10.9 Å². The van der Waals surface area contributed by atoms with Crippen LogP contribution in [-0.2, 0) is 15.2 Å². The van der Waals surface area contributed by atoms with E-state index in [1.54, 1.807) is 48.5 Å². The minimum absolute atomic E-state index is 0.347. The van der Waals surface area contributed by atoms with E-state index in [9.17, 15) is 27.9 Å². The Morgan fingerprint density at radius 2 is 1.40 bits per heavy atom. The second kappa shape index (κ2) is 10.7. The summed E-state index contributed by atoms with van der Waals surface area (Å²) in [5.41, 5.74) is 2.17. The average molecular weight is 483 g/mol. The van der Waals surface area contributed by atoms with Gasteiger partial charge in [-0.25, -0.2) is 0 Å². The van der Waals surface area contributed by atoms with Crippen LogP contribution in [0.5, 0.6) is 5.75 Å². The highest BCUT2D eigenvalue weighted by Gasteiger charge is 2.56. The second-order valence-electron chi connectivity index (χ2n) is 7.50. The molecule has 0 spiro atoms. The molecule has 7 nitrogen and oxygen atoms in total. The molecule has 0 aliphatic rings. The van der Waals surface area contributed by atoms with Gasteiger partial charge in [-0.1, -0.05) is 54.6 Å². The van der Waals surface area contributed by atoms with Crippen molar-refractivity contribution in [3.63, 3.8) is 0 Å². The maximum absolute atomic E-state index is 13.5. The van der Waals surface area contributed by atoms with E-state index in [2.05, 4.69) is 0 Å². The molecule has 1 atom stereocenters. The number of ether oxygens (including phenoxy) is 1. The molecule has 0 fully saturated rings. The fraction of sp³-hybridized carbons (Fsp3) is 0.160. The van der Waals surface area contributed by atoms with Crippen molar-refractivity contribution < 1.29 is 32.6 Å². The van der Waals surface area contributed by atoms with E-state index in [-0.39, 0.29) is 0 Å². The van der Waals surface area contributed by atoms with Gasteiger partial charge in [0.05, 0.1) is 18.1 Å². The van der Waals surface area contributed by atoms with Crippen molar-refractivity contribution in [1.29, 1.82) is 5.26 Å². The molecule has 0 aliphatic carbocycles. The van der Waals surface area contributed by atoms with Crippen LogP contribution in [0.15, 0.2) is 78.9 Å². The first-order chi connectivity index (χ1) is 16.6. The standard InChI is InChI=1S/C25H20F3N3O4/c26-25(27,28)24(34,20-4-2-1-3-5-20)14-22(32)30-31-23(33)16-35-21-12-10-19(11-13-21)18-8-6-17(15-29)7-9-18/h1-13,34H,14,16H2,(H,30,32)(H,31,33).